The van der Waals surface area contributed by atoms with E-state index in [2.05, 4.69) is 20.8 Å². The second kappa shape index (κ2) is 10.7. The Morgan fingerprint density at radius 2 is 1.59 bits per heavy atom. The minimum absolute atomic E-state index is 0.0697. The van der Waals surface area contributed by atoms with Crippen LogP contribution in [0.25, 0.3) is 5.69 Å². The Balaban J connectivity index is 1.32. The van der Waals surface area contributed by atoms with Crippen LogP contribution < -0.4 is 15.3 Å². The van der Waals surface area contributed by atoms with Gasteiger partial charge in [-0.15, -0.1) is 0 Å². The average Bonchev–Trinajstić information content (AvgIpc) is 3.19. The first-order valence-electron chi connectivity index (χ1n) is 11.9. The van der Waals surface area contributed by atoms with Crippen LogP contribution in [0.3, 0.4) is 0 Å². The Labute approximate surface area is 204 Å². The van der Waals surface area contributed by atoms with Crippen molar-refractivity contribution < 1.29 is 4.74 Å². The molecule has 2 fully saturated rings. The molecule has 8 nitrogen and oxygen atoms in total. The normalized spacial score (nSPS) is 17.7. The van der Waals surface area contributed by atoms with E-state index in [0.29, 0.717) is 13.2 Å². The SMILES string of the molecule is COc1ccccc1N1CCN(Cn2nc(CN3CCSCC3)n(-c3ccccc3)c2=O)CC1. The van der Waals surface area contributed by atoms with Crippen LogP contribution in [0.5, 0.6) is 5.75 Å². The number of nitrogens with zero attached hydrogens (tertiary/aromatic N) is 6. The molecule has 180 valence electrons. The summed E-state index contributed by atoms with van der Waals surface area (Å²) in [5.74, 6) is 3.98. The summed E-state index contributed by atoms with van der Waals surface area (Å²) in [6.45, 7) is 6.75. The lowest BCUT2D eigenvalue weighted by molar-refractivity contribution is 0.191. The number of hydrogen-bond acceptors (Lipinski definition) is 7. The standard InChI is InChI=1S/C25H32N6O2S/c1-33-23-10-6-5-9-22(23)29-13-11-28(12-14-29)20-30-25(32)31(21-7-3-2-4-8-21)24(26-30)19-27-15-17-34-18-16-27/h2-10H,11-20H2,1H3. The van der Waals surface area contributed by atoms with Crippen molar-refractivity contribution in [3.8, 4) is 11.4 Å². The van der Waals surface area contributed by atoms with Gasteiger partial charge in [0.25, 0.3) is 0 Å². The maximum absolute atomic E-state index is 13.5. The summed E-state index contributed by atoms with van der Waals surface area (Å²) >= 11 is 1.99. The summed E-state index contributed by atoms with van der Waals surface area (Å²) in [4.78, 5) is 20.5. The van der Waals surface area contributed by atoms with Gasteiger partial charge in [0.15, 0.2) is 5.82 Å². The van der Waals surface area contributed by atoms with Crippen LogP contribution in [0.1, 0.15) is 5.82 Å². The molecular weight excluding hydrogens is 448 g/mol. The van der Waals surface area contributed by atoms with Crippen molar-refractivity contribution in [1.82, 2.24) is 24.1 Å². The zero-order valence-electron chi connectivity index (χ0n) is 19.7. The van der Waals surface area contributed by atoms with Gasteiger partial charge in [0.2, 0.25) is 0 Å². The van der Waals surface area contributed by atoms with Crippen molar-refractivity contribution in [3.63, 3.8) is 0 Å². The highest BCUT2D eigenvalue weighted by atomic mass is 32.2. The van der Waals surface area contributed by atoms with E-state index in [-0.39, 0.29) is 5.69 Å². The van der Waals surface area contributed by atoms with E-state index in [4.69, 9.17) is 9.84 Å². The quantitative estimate of drug-likeness (QED) is 0.515. The lowest BCUT2D eigenvalue weighted by Crippen LogP contribution is -2.48. The number of hydrogen-bond donors (Lipinski definition) is 0. The van der Waals surface area contributed by atoms with Crippen LogP contribution >= 0.6 is 11.8 Å². The van der Waals surface area contributed by atoms with Crippen molar-refractivity contribution in [1.29, 1.82) is 0 Å². The third-order valence-electron chi connectivity index (χ3n) is 6.52. The number of aromatic nitrogens is 3. The molecule has 9 heteroatoms. The van der Waals surface area contributed by atoms with Gasteiger partial charge in [-0.2, -0.15) is 21.5 Å². The van der Waals surface area contributed by atoms with E-state index in [1.165, 1.54) is 0 Å². The summed E-state index contributed by atoms with van der Waals surface area (Å²) in [6, 6.07) is 18.0. The van der Waals surface area contributed by atoms with Crippen LogP contribution in [-0.4, -0.2) is 82.0 Å². The Morgan fingerprint density at radius 3 is 2.32 bits per heavy atom. The second-order valence-electron chi connectivity index (χ2n) is 8.68. The van der Waals surface area contributed by atoms with E-state index in [0.717, 1.165) is 73.7 Å². The fourth-order valence-electron chi connectivity index (χ4n) is 4.65. The molecule has 0 radical (unpaired) electrons. The van der Waals surface area contributed by atoms with Gasteiger partial charge >= 0.3 is 5.69 Å². The number of thioether (sulfide) groups is 1. The fraction of sp³-hybridized carbons (Fsp3) is 0.440. The number of anilines is 1. The summed E-state index contributed by atoms with van der Waals surface area (Å²) in [5.41, 5.74) is 1.93. The highest BCUT2D eigenvalue weighted by molar-refractivity contribution is 7.99. The number of benzene rings is 2. The van der Waals surface area contributed by atoms with Crippen LogP contribution in [0.15, 0.2) is 59.4 Å². The van der Waals surface area contributed by atoms with E-state index in [1.54, 1.807) is 16.4 Å². The molecule has 0 spiro atoms. The first-order chi connectivity index (χ1) is 16.7. The molecule has 1 aromatic heterocycles. The Hall–Kier alpha value is -2.75. The summed E-state index contributed by atoms with van der Waals surface area (Å²) in [6.07, 6.45) is 0. The predicted molar refractivity (Wildman–Crippen MR) is 137 cm³/mol. The zero-order chi connectivity index (χ0) is 23.3. The molecule has 3 heterocycles. The third kappa shape index (κ3) is 5.01. The number of methoxy groups -OCH3 is 1. The van der Waals surface area contributed by atoms with E-state index in [1.807, 2.05) is 60.3 Å². The van der Waals surface area contributed by atoms with Gasteiger partial charge in [-0.1, -0.05) is 30.3 Å². The van der Waals surface area contributed by atoms with Gasteiger partial charge in [0, 0.05) is 50.8 Å². The molecule has 0 unspecified atom stereocenters. The van der Waals surface area contributed by atoms with Gasteiger partial charge in [0.05, 0.1) is 31.7 Å². The summed E-state index contributed by atoms with van der Waals surface area (Å²) < 4.78 is 8.96. The van der Waals surface area contributed by atoms with Crippen molar-refractivity contribution in [2.24, 2.45) is 0 Å². The van der Waals surface area contributed by atoms with Gasteiger partial charge in [0.1, 0.15) is 5.75 Å². The Bertz CT molecular complexity index is 1130. The lowest BCUT2D eigenvalue weighted by Gasteiger charge is -2.36. The van der Waals surface area contributed by atoms with Crippen LogP contribution in [0, 0.1) is 0 Å². The molecule has 0 saturated carbocycles. The predicted octanol–water partition coefficient (Wildman–Crippen LogP) is 2.37. The van der Waals surface area contributed by atoms with Crippen molar-refractivity contribution in [3.05, 3.63) is 70.9 Å². The highest BCUT2D eigenvalue weighted by Gasteiger charge is 2.23. The monoisotopic (exact) mass is 480 g/mol. The van der Waals surface area contributed by atoms with Gasteiger partial charge in [-0.05, 0) is 24.3 Å². The summed E-state index contributed by atoms with van der Waals surface area (Å²) in [7, 11) is 1.71. The fourth-order valence-corrected chi connectivity index (χ4v) is 5.63. The molecule has 3 aromatic rings. The van der Waals surface area contributed by atoms with Crippen LogP contribution in [-0.2, 0) is 13.2 Å². The van der Waals surface area contributed by atoms with E-state index < -0.39 is 0 Å². The third-order valence-corrected chi connectivity index (χ3v) is 7.46. The molecule has 2 saturated heterocycles. The molecule has 0 atom stereocenters. The zero-order valence-corrected chi connectivity index (χ0v) is 20.5. The van der Waals surface area contributed by atoms with Gasteiger partial charge < -0.3 is 9.64 Å². The number of para-hydroxylation sites is 3. The lowest BCUT2D eigenvalue weighted by atomic mass is 10.2. The minimum atomic E-state index is -0.0697. The van der Waals surface area contributed by atoms with Crippen molar-refractivity contribution >= 4 is 17.4 Å². The molecule has 0 amide bonds. The van der Waals surface area contributed by atoms with Crippen LogP contribution in [0.2, 0.25) is 0 Å². The van der Waals surface area contributed by atoms with Gasteiger partial charge in [-0.3, -0.25) is 9.80 Å². The molecule has 5 rings (SSSR count). The maximum atomic E-state index is 13.5. The molecule has 0 N–H and O–H groups in total. The topological polar surface area (TPSA) is 58.8 Å². The molecule has 34 heavy (non-hydrogen) atoms. The largest absolute Gasteiger partial charge is 0.495 e. The number of piperazine rings is 1. The second-order valence-corrected chi connectivity index (χ2v) is 9.90. The van der Waals surface area contributed by atoms with Crippen molar-refractivity contribution in [2.45, 2.75) is 13.2 Å². The Kier molecular flexibility index (Phi) is 7.22. The molecule has 2 aromatic carbocycles. The number of rotatable bonds is 7. The smallest absolute Gasteiger partial charge is 0.351 e. The maximum Gasteiger partial charge on any atom is 0.351 e. The first kappa shape index (κ1) is 23.0. The average molecular weight is 481 g/mol. The van der Waals surface area contributed by atoms with Gasteiger partial charge in [-0.25, -0.2) is 9.36 Å². The first-order valence-corrected chi connectivity index (χ1v) is 13.0. The van der Waals surface area contributed by atoms with E-state index >= 15 is 0 Å². The van der Waals surface area contributed by atoms with Crippen molar-refractivity contribution in [2.75, 3.05) is 62.8 Å². The van der Waals surface area contributed by atoms with E-state index in [9.17, 15) is 4.79 Å². The molecule has 2 aliphatic heterocycles. The molecule has 2 aliphatic rings. The molecular formula is C25H32N6O2S. The molecule has 0 bridgehead atoms. The Morgan fingerprint density at radius 1 is 0.882 bits per heavy atom. The minimum Gasteiger partial charge on any atom is -0.495 e. The number of ether oxygens (including phenoxy) is 1. The summed E-state index contributed by atoms with van der Waals surface area (Å²) in [5, 5.41) is 4.82. The molecule has 0 aliphatic carbocycles. The van der Waals surface area contributed by atoms with Crippen LogP contribution in [0.4, 0.5) is 5.69 Å². The highest BCUT2D eigenvalue weighted by Crippen LogP contribution is 2.28.